The second-order valence-corrected chi connectivity index (χ2v) is 9.61. The fourth-order valence-corrected chi connectivity index (χ4v) is 5.11. The third-order valence-electron chi connectivity index (χ3n) is 7.03. The van der Waals surface area contributed by atoms with Crippen molar-refractivity contribution in [3.05, 3.63) is 102 Å². The van der Waals surface area contributed by atoms with Crippen molar-refractivity contribution in [2.45, 2.75) is 0 Å². The van der Waals surface area contributed by atoms with Crippen LogP contribution in [-0.4, -0.2) is 19.9 Å². The smallest absolute Gasteiger partial charge is 0.0888 e. The Morgan fingerprint density at radius 2 is 1.26 bits per heavy atom. The Kier molecular flexibility index (Phi) is 5.09. The van der Waals surface area contributed by atoms with Gasteiger partial charge < -0.3 is 27.2 Å². The van der Waals surface area contributed by atoms with Crippen molar-refractivity contribution in [2.75, 3.05) is 17.2 Å². The number of anilines is 3. The average molecular weight is 508 g/mol. The Bertz CT molecular complexity index is 1990. The lowest BCUT2D eigenvalue weighted by Crippen LogP contribution is -1.92. The molecule has 0 unspecified atom stereocenters. The first-order valence-electron chi connectivity index (χ1n) is 12.6. The molecule has 0 spiro atoms. The van der Waals surface area contributed by atoms with Crippen molar-refractivity contribution in [1.29, 1.82) is 0 Å². The van der Waals surface area contributed by atoms with Crippen molar-refractivity contribution in [3.8, 4) is 22.3 Å². The second-order valence-electron chi connectivity index (χ2n) is 9.61. The quantitative estimate of drug-likeness (QED) is 0.165. The highest BCUT2D eigenvalue weighted by molar-refractivity contribution is 6.00. The van der Waals surface area contributed by atoms with Crippen LogP contribution in [0.4, 0.5) is 17.1 Å². The number of aromatic amines is 2. The molecule has 8 bridgehead atoms. The molecule has 0 aliphatic carbocycles. The summed E-state index contributed by atoms with van der Waals surface area (Å²) in [6, 6.07) is 26.1. The first-order chi connectivity index (χ1) is 19.0. The van der Waals surface area contributed by atoms with E-state index in [4.69, 9.17) is 27.2 Å². The molecule has 39 heavy (non-hydrogen) atoms. The van der Waals surface area contributed by atoms with Crippen LogP contribution < -0.4 is 17.2 Å². The Balaban J connectivity index is 1.68. The summed E-state index contributed by atoms with van der Waals surface area (Å²) in [5.41, 5.74) is 31.3. The van der Waals surface area contributed by atoms with E-state index in [1.165, 1.54) is 0 Å². The lowest BCUT2D eigenvalue weighted by molar-refractivity contribution is 1.31. The monoisotopic (exact) mass is 507 g/mol. The molecule has 2 aliphatic heterocycles. The summed E-state index contributed by atoms with van der Waals surface area (Å²) in [7, 11) is 0. The summed E-state index contributed by atoms with van der Waals surface area (Å²) >= 11 is 0. The van der Waals surface area contributed by atoms with Gasteiger partial charge in [0.2, 0.25) is 0 Å². The molecular weight excluding hydrogens is 482 g/mol. The summed E-state index contributed by atoms with van der Waals surface area (Å²) in [6.45, 7) is 0. The van der Waals surface area contributed by atoms with Gasteiger partial charge in [0.15, 0.2) is 0 Å². The van der Waals surface area contributed by atoms with Gasteiger partial charge in [-0.1, -0.05) is 42.5 Å². The average Bonchev–Trinajstić information content (AvgIpc) is 3.76. The third-order valence-corrected chi connectivity index (χ3v) is 7.03. The second kappa shape index (κ2) is 8.78. The molecule has 188 valence electrons. The first kappa shape index (κ1) is 22.6. The molecule has 7 heteroatoms. The molecule has 7 rings (SSSR count). The van der Waals surface area contributed by atoms with Crippen molar-refractivity contribution in [1.82, 2.24) is 19.9 Å². The van der Waals surface area contributed by atoms with Gasteiger partial charge in [0.05, 0.1) is 50.7 Å². The number of aromatic nitrogens is 4. The molecule has 0 atom stereocenters. The minimum atomic E-state index is 0.535. The predicted molar refractivity (Wildman–Crippen MR) is 163 cm³/mol. The summed E-state index contributed by atoms with van der Waals surface area (Å²) < 4.78 is 0. The van der Waals surface area contributed by atoms with Crippen molar-refractivity contribution in [2.24, 2.45) is 0 Å². The topological polar surface area (TPSA) is 135 Å². The van der Waals surface area contributed by atoms with Crippen LogP contribution in [0.3, 0.4) is 0 Å². The summed E-state index contributed by atoms with van der Waals surface area (Å²) in [5, 5.41) is 0. The molecule has 3 aromatic heterocycles. The highest BCUT2D eigenvalue weighted by atomic mass is 14.8. The lowest BCUT2D eigenvalue weighted by Gasteiger charge is -2.07. The highest BCUT2D eigenvalue weighted by Gasteiger charge is 2.16. The van der Waals surface area contributed by atoms with Gasteiger partial charge in [-0.2, -0.15) is 0 Å². The van der Waals surface area contributed by atoms with Crippen LogP contribution in [0.2, 0.25) is 0 Å². The zero-order valence-electron chi connectivity index (χ0n) is 20.9. The van der Waals surface area contributed by atoms with E-state index in [0.29, 0.717) is 28.5 Å². The fourth-order valence-electron chi connectivity index (χ4n) is 5.11. The van der Waals surface area contributed by atoms with Gasteiger partial charge in [-0.15, -0.1) is 0 Å². The lowest BCUT2D eigenvalue weighted by atomic mass is 9.98. The van der Waals surface area contributed by atoms with Crippen LogP contribution in [0.15, 0.2) is 78.9 Å². The minimum Gasteiger partial charge on any atom is -0.399 e. The van der Waals surface area contributed by atoms with E-state index in [9.17, 15) is 0 Å². The Morgan fingerprint density at radius 3 is 2.03 bits per heavy atom. The molecule has 5 heterocycles. The number of nitrogens with two attached hydrogens (primary N) is 3. The molecule has 0 radical (unpaired) electrons. The Hall–Kier alpha value is -5.56. The van der Waals surface area contributed by atoms with Gasteiger partial charge in [0.25, 0.3) is 0 Å². The van der Waals surface area contributed by atoms with Crippen molar-refractivity contribution in [3.63, 3.8) is 0 Å². The van der Waals surface area contributed by atoms with E-state index in [1.54, 1.807) is 0 Å². The molecule has 0 saturated heterocycles. The van der Waals surface area contributed by atoms with Gasteiger partial charge in [0.1, 0.15) is 0 Å². The van der Waals surface area contributed by atoms with Crippen LogP contribution in [0, 0.1) is 0 Å². The number of hydrogen-bond donors (Lipinski definition) is 5. The highest BCUT2D eigenvalue weighted by Crippen LogP contribution is 2.37. The molecule has 5 aromatic rings. The Morgan fingerprint density at radius 1 is 0.564 bits per heavy atom. The van der Waals surface area contributed by atoms with Crippen LogP contribution in [0.25, 0.3) is 68.6 Å². The standard InChI is InChI=1S/C32H25N7/c33-20-8-4-7-19(15-20)23-17-22-16-21-9-10-25(36-21)30(34)27-13-14-28(39-27)31(35)26-12-11-24(38-26)29(32(23)37-22)18-5-2-1-3-6-18/h1-17,37,39H,33-35H2. The van der Waals surface area contributed by atoms with Crippen molar-refractivity contribution >= 4 is 63.4 Å². The maximum Gasteiger partial charge on any atom is 0.0888 e. The fraction of sp³-hybridized carbons (Fsp3) is 0. The number of nitrogens with zero attached hydrogens (tertiary/aromatic N) is 2. The molecular formula is C32H25N7. The van der Waals surface area contributed by atoms with E-state index < -0.39 is 0 Å². The predicted octanol–water partition coefficient (Wildman–Crippen LogP) is 6.74. The van der Waals surface area contributed by atoms with Crippen molar-refractivity contribution < 1.29 is 0 Å². The Labute approximate surface area is 224 Å². The van der Waals surface area contributed by atoms with E-state index in [0.717, 1.165) is 55.7 Å². The zero-order chi connectivity index (χ0) is 26.5. The summed E-state index contributed by atoms with van der Waals surface area (Å²) in [4.78, 5) is 16.8. The third kappa shape index (κ3) is 3.93. The SMILES string of the molecule is Nc1cccc(-c2cc3cc4nc(c(N)c5ccc([nH]5)c(N)c5nc(c(-c6ccccc6)c2[nH]3)C=C5)C=C4)c1. The number of benzene rings is 2. The number of nitrogens with one attached hydrogen (secondary N) is 2. The van der Waals surface area contributed by atoms with Gasteiger partial charge in [0, 0.05) is 22.3 Å². The van der Waals surface area contributed by atoms with E-state index in [1.807, 2.05) is 78.9 Å². The number of nitrogen functional groups attached to an aromatic ring is 3. The molecule has 0 saturated carbocycles. The normalized spacial score (nSPS) is 12.2. The summed E-state index contributed by atoms with van der Waals surface area (Å²) in [5.74, 6) is 0. The van der Waals surface area contributed by atoms with Gasteiger partial charge >= 0.3 is 0 Å². The number of hydrogen-bond acceptors (Lipinski definition) is 5. The van der Waals surface area contributed by atoms with Crippen LogP contribution in [0.1, 0.15) is 22.8 Å². The van der Waals surface area contributed by atoms with Gasteiger partial charge in [-0.3, -0.25) is 0 Å². The van der Waals surface area contributed by atoms with E-state index >= 15 is 0 Å². The van der Waals surface area contributed by atoms with Crippen LogP contribution in [-0.2, 0) is 0 Å². The number of H-pyrrole nitrogens is 2. The van der Waals surface area contributed by atoms with E-state index in [-0.39, 0.29) is 0 Å². The molecule has 2 aromatic carbocycles. The molecule has 0 fully saturated rings. The molecule has 0 amide bonds. The molecule has 2 aliphatic rings. The maximum absolute atomic E-state index is 6.61. The van der Waals surface area contributed by atoms with E-state index in [2.05, 4.69) is 34.2 Å². The summed E-state index contributed by atoms with van der Waals surface area (Å²) in [6.07, 6.45) is 7.82. The number of rotatable bonds is 2. The maximum atomic E-state index is 6.61. The van der Waals surface area contributed by atoms with Gasteiger partial charge in [-0.05, 0) is 71.8 Å². The van der Waals surface area contributed by atoms with Crippen LogP contribution in [0.5, 0.6) is 0 Å². The zero-order valence-corrected chi connectivity index (χ0v) is 20.9. The van der Waals surface area contributed by atoms with Crippen LogP contribution >= 0.6 is 0 Å². The molecule has 8 N–H and O–H groups in total. The number of fused-ring (bicyclic) bond motifs is 8. The molecule has 7 nitrogen and oxygen atoms in total. The van der Waals surface area contributed by atoms with Gasteiger partial charge in [-0.25, -0.2) is 9.97 Å². The first-order valence-corrected chi connectivity index (χ1v) is 12.6. The minimum absolute atomic E-state index is 0.535. The largest absolute Gasteiger partial charge is 0.399 e.